The van der Waals surface area contributed by atoms with Crippen LogP contribution < -0.4 is 0 Å². The monoisotopic (exact) mass is 342 g/mol. The second kappa shape index (κ2) is 7.38. The van der Waals surface area contributed by atoms with Gasteiger partial charge in [0.05, 0.1) is 0 Å². The molecule has 25 heavy (non-hydrogen) atoms. The van der Waals surface area contributed by atoms with Gasteiger partial charge in [-0.2, -0.15) is 0 Å². The zero-order valence-corrected chi connectivity index (χ0v) is 15.0. The third-order valence-corrected chi connectivity index (χ3v) is 5.42. The maximum atomic E-state index is 12.8. The second-order valence-corrected chi connectivity index (χ2v) is 7.25. The highest BCUT2D eigenvalue weighted by Crippen LogP contribution is 2.28. The van der Waals surface area contributed by atoms with Crippen molar-refractivity contribution in [1.82, 2.24) is 9.80 Å². The zero-order chi connectivity index (χ0) is 18.0. The normalized spacial score (nSPS) is 21.4. The van der Waals surface area contributed by atoms with E-state index < -0.39 is 0 Å². The molecule has 5 nitrogen and oxygen atoms in total. The summed E-state index contributed by atoms with van der Waals surface area (Å²) in [5, 5.41) is 0. The van der Waals surface area contributed by atoms with Gasteiger partial charge in [-0.3, -0.25) is 14.4 Å². The Hall–Kier alpha value is -2.17. The van der Waals surface area contributed by atoms with Crippen molar-refractivity contribution in [2.75, 3.05) is 19.6 Å². The molecule has 1 saturated heterocycles. The van der Waals surface area contributed by atoms with Gasteiger partial charge in [0.1, 0.15) is 0 Å². The first kappa shape index (κ1) is 17.6. The predicted octanol–water partition coefficient (Wildman–Crippen LogP) is 2.75. The minimum Gasteiger partial charge on any atom is -0.336 e. The molecule has 0 radical (unpaired) electrons. The van der Waals surface area contributed by atoms with Crippen LogP contribution in [0.2, 0.25) is 0 Å². The highest BCUT2D eigenvalue weighted by atomic mass is 16.2. The van der Waals surface area contributed by atoms with Crippen LogP contribution in [0.5, 0.6) is 0 Å². The molecule has 0 spiro atoms. The molecule has 1 atom stereocenters. The number of amides is 2. The number of carbonyl (C=O) groups is 3. The molecule has 1 aromatic carbocycles. The molecule has 5 heteroatoms. The number of rotatable bonds is 3. The molecule has 0 aromatic heterocycles. The van der Waals surface area contributed by atoms with Crippen molar-refractivity contribution in [2.45, 2.75) is 45.6 Å². The van der Waals surface area contributed by atoms with Gasteiger partial charge in [0, 0.05) is 42.7 Å². The lowest BCUT2D eigenvalue weighted by Gasteiger charge is -2.41. The summed E-state index contributed by atoms with van der Waals surface area (Å²) >= 11 is 0. The minimum absolute atomic E-state index is 0.0294. The summed E-state index contributed by atoms with van der Waals surface area (Å²) in [6.07, 6.45) is 4.30. The van der Waals surface area contributed by atoms with Crippen molar-refractivity contribution in [3.63, 3.8) is 0 Å². The van der Waals surface area contributed by atoms with Gasteiger partial charge in [0.2, 0.25) is 5.91 Å². The fourth-order valence-electron chi connectivity index (χ4n) is 3.93. The first-order valence-electron chi connectivity index (χ1n) is 9.18. The van der Waals surface area contributed by atoms with E-state index in [0.717, 1.165) is 25.7 Å². The van der Waals surface area contributed by atoms with E-state index in [9.17, 15) is 14.4 Å². The predicted molar refractivity (Wildman–Crippen MR) is 95.5 cm³/mol. The average Bonchev–Trinajstić information content (AvgIpc) is 3.15. The number of hydrogen-bond acceptors (Lipinski definition) is 3. The Morgan fingerprint density at radius 2 is 1.72 bits per heavy atom. The van der Waals surface area contributed by atoms with Gasteiger partial charge in [0.25, 0.3) is 5.91 Å². The molecule has 1 unspecified atom stereocenters. The molecule has 1 heterocycles. The third-order valence-electron chi connectivity index (χ3n) is 5.42. The molecule has 0 N–H and O–H groups in total. The lowest BCUT2D eigenvalue weighted by molar-refractivity contribution is -0.139. The molecule has 3 rings (SSSR count). The first-order valence-corrected chi connectivity index (χ1v) is 9.18. The van der Waals surface area contributed by atoms with E-state index in [2.05, 4.69) is 0 Å². The van der Waals surface area contributed by atoms with E-state index in [-0.39, 0.29) is 29.6 Å². The van der Waals surface area contributed by atoms with Crippen molar-refractivity contribution < 1.29 is 14.4 Å². The molecule has 1 aliphatic heterocycles. The summed E-state index contributed by atoms with van der Waals surface area (Å²) in [7, 11) is 0. The van der Waals surface area contributed by atoms with Crippen LogP contribution >= 0.6 is 0 Å². The lowest BCUT2D eigenvalue weighted by atomic mass is 10.0. The Bertz CT molecular complexity index is 679. The summed E-state index contributed by atoms with van der Waals surface area (Å²) in [5.74, 6) is 0.325. The van der Waals surface area contributed by atoms with Crippen molar-refractivity contribution in [3.8, 4) is 0 Å². The highest BCUT2D eigenvalue weighted by molar-refractivity contribution is 5.99. The van der Waals surface area contributed by atoms with Crippen LogP contribution in [0.3, 0.4) is 0 Å². The molecule has 134 valence electrons. The summed E-state index contributed by atoms with van der Waals surface area (Å²) in [6.45, 7) is 5.19. The average molecular weight is 342 g/mol. The number of piperazine rings is 1. The summed E-state index contributed by atoms with van der Waals surface area (Å²) in [5.41, 5.74) is 1.09. The van der Waals surface area contributed by atoms with Crippen LogP contribution in [0, 0.1) is 5.92 Å². The van der Waals surface area contributed by atoms with Crippen LogP contribution in [0.4, 0.5) is 0 Å². The summed E-state index contributed by atoms with van der Waals surface area (Å²) < 4.78 is 0. The van der Waals surface area contributed by atoms with E-state index in [1.165, 1.54) is 6.92 Å². The third kappa shape index (κ3) is 3.75. The van der Waals surface area contributed by atoms with E-state index in [1.54, 1.807) is 29.2 Å². The number of hydrogen-bond donors (Lipinski definition) is 0. The van der Waals surface area contributed by atoms with Gasteiger partial charge in [-0.1, -0.05) is 25.0 Å². The number of nitrogens with zero attached hydrogens (tertiary/aromatic N) is 2. The molecule has 2 aliphatic rings. The van der Waals surface area contributed by atoms with E-state index in [1.807, 2.05) is 11.8 Å². The lowest BCUT2D eigenvalue weighted by Crippen LogP contribution is -2.56. The maximum Gasteiger partial charge on any atom is 0.254 e. The maximum absolute atomic E-state index is 12.8. The largest absolute Gasteiger partial charge is 0.336 e. The Labute approximate surface area is 149 Å². The van der Waals surface area contributed by atoms with Gasteiger partial charge >= 0.3 is 0 Å². The van der Waals surface area contributed by atoms with Crippen LogP contribution in [-0.2, 0) is 4.79 Å². The number of carbonyl (C=O) groups excluding carboxylic acids is 3. The zero-order valence-electron chi connectivity index (χ0n) is 15.0. The SMILES string of the molecule is CC(=O)c1cccc(C(=O)N2CCN(C(=O)C3CCCC3)C(C)C2)c1. The van der Waals surface area contributed by atoms with Gasteiger partial charge in [0.15, 0.2) is 5.78 Å². The Balaban J connectivity index is 1.66. The van der Waals surface area contributed by atoms with Crippen LogP contribution in [0.25, 0.3) is 0 Å². The second-order valence-electron chi connectivity index (χ2n) is 7.25. The van der Waals surface area contributed by atoms with E-state index in [4.69, 9.17) is 0 Å². The summed E-state index contributed by atoms with van der Waals surface area (Å²) in [4.78, 5) is 40.7. The molecule has 1 aromatic rings. The Kier molecular flexibility index (Phi) is 5.21. The van der Waals surface area contributed by atoms with Crippen LogP contribution in [-0.4, -0.2) is 53.1 Å². The molecule has 0 bridgehead atoms. The molecular weight excluding hydrogens is 316 g/mol. The smallest absolute Gasteiger partial charge is 0.254 e. The molecule has 2 amide bonds. The number of Topliss-reactive ketones (excluding diaryl/α,β-unsaturated/α-hetero) is 1. The minimum atomic E-state index is -0.0667. The fraction of sp³-hybridized carbons (Fsp3) is 0.550. The quantitative estimate of drug-likeness (QED) is 0.794. The molecule has 2 fully saturated rings. The fourth-order valence-corrected chi connectivity index (χ4v) is 3.93. The van der Waals surface area contributed by atoms with Crippen molar-refractivity contribution in [1.29, 1.82) is 0 Å². The van der Waals surface area contributed by atoms with Gasteiger partial charge in [-0.05, 0) is 38.8 Å². The van der Waals surface area contributed by atoms with Crippen LogP contribution in [0.1, 0.15) is 60.2 Å². The molecule has 1 aliphatic carbocycles. The van der Waals surface area contributed by atoms with Gasteiger partial charge in [-0.15, -0.1) is 0 Å². The Morgan fingerprint density at radius 3 is 2.36 bits per heavy atom. The van der Waals surface area contributed by atoms with Gasteiger partial charge < -0.3 is 9.80 Å². The first-order chi connectivity index (χ1) is 12.0. The molecular formula is C20H26N2O3. The summed E-state index contributed by atoms with van der Waals surface area (Å²) in [6, 6.07) is 6.90. The van der Waals surface area contributed by atoms with E-state index in [0.29, 0.717) is 30.8 Å². The standard InChI is InChI=1S/C20H26N2O3/c1-14-13-21(10-11-22(14)20(25)16-6-3-4-7-16)19(24)18-9-5-8-17(12-18)15(2)23/h5,8-9,12,14,16H,3-4,6-7,10-11,13H2,1-2H3. The van der Waals surface area contributed by atoms with Crippen LogP contribution in [0.15, 0.2) is 24.3 Å². The number of benzene rings is 1. The molecule has 1 saturated carbocycles. The number of ketones is 1. The van der Waals surface area contributed by atoms with Crippen molar-refractivity contribution in [3.05, 3.63) is 35.4 Å². The van der Waals surface area contributed by atoms with Crippen molar-refractivity contribution in [2.24, 2.45) is 5.92 Å². The van der Waals surface area contributed by atoms with Gasteiger partial charge in [-0.25, -0.2) is 0 Å². The van der Waals surface area contributed by atoms with Crippen molar-refractivity contribution >= 4 is 17.6 Å². The Morgan fingerprint density at radius 1 is 1.04 bits per heavy atom. The van der Waals surface area contributed by atoms with E-state index >= 15 is 0 Å². The highest BCUT2D eigenvalue weighted by Gasteiger charge is 2.34. The topological polar surface area (TPSA) is 57.7 Å².